The zero-order valence-electron chi connectivity index (χ0n) is 25.5. The predicted octanol–water partition coefficient (Wildman–Crippen LogP) is 11.8. The monoisotopic (exact) mass is 586 g/mol. The average molecular weight is 587 g/mol. The number of aryl methyl sites for hydroxylation is 1. The first-order chi connectivity index (χ1) is 22.7. The van der Waals surface area contributed by atoms with Gasteiger partial charge in [0.15, 0.2) is 0 Å². The van der Waals surface area contributed by atoms with Crippen molar-refractivity contribution in [3.8, 4) is 39.2 Å². The minimum Gasteiger partial charge on any atom is -0.309 e. The van der Waals surface area contributed by atoms with Gasteiger partial charge in [0.2, 0.25) is 0 Å². The molecule has 0 aliphatic heterocycles. The van der Waals surface area contributed by atoms with Crippen LogP contribution in [0.4, 0.5) is 0 Å². The summed E-state index contributed by atoms with van der Waals surface area (Å²) in [6.45, 7) is 2.07. The number of aromatic nitrogens is 2. The number of nitrogens with zero attached hydrogens (tertiary/aromatic N) is 2. The van der Waals surface area contributed by atoms with Gasteiger partial charge in [-0.15, -0.1) is 0 Å². The smallest absolute Gasteiger partial charge is 0.0702 e. The van der Waals surface area contributed by atoms with Crippen LogP contribution in [0.25, 0.3) is 82.5 Å². The second-order valence-electron chi connectivity index (χ2n) is 12.1. The fourth-order valence-electron chi connectivity index (χ4n) is 7.00. The highest BCUT2D eigenvalue weighted by atomic mass is 15.0. The SMILES string of the molecule is Cc1ccc(-c2cccc(-c3ccc4c5ccc6cc(-c7cccc8ccccc78)ccc6c5n(-c5ccccc5)c4c3)c2)nc1. The molecule has 0 saturated carbocycles. The Morgan fingerprint density at radius 1 is 0.457 bits per heavy atom. The summed E-state index contributed by atoms with van der Waals surface area (Å²) in [4.78, 5) is 4.68. The highest BCUT2D eigenvalue weighted by molar-refractivity contribution is 6.19. The molecular weight excluding hydrogens is 556 g/mol. The molecule has 7 aromatic carbocycles. The molecule has 2 heterocycles. The van der Waals surface area contributed by atoms with Crippen LogP contribution in [0.2, 0.25) is 0 Å². The third-order valence-electron chi connectivity index (χ3n) is 9.26. The Balaban J connectivity index is 1.26. The Morgan fingerprint density at radius 2 is 1.20 bits per heavy atom. The molecule has 9 aromatic rings. The van der Waals surface area contributed by atoms with Gasteiger partial charge in [-0.2, -0.15) is 0 Å². The number of fused-ring (bicyclic) bond motifs is 6. The molecule has 0 spiro atoms. The van der Waals surface area contributed by atoms with Gasteiger partial charge in [-0.05, 0) is 87.3 Å². The van der Waals surface area contributed by atoms with Gasteiger partial charge in [0.05, 0.1) is 16.7 Å². The lowest BCUT2D eigenvalue weighted by atomic mass is 9.95. The number of para-hydroxylation sites is 1. The van der Waals surface area contributed by atoms with Crippen molar-refractivity contribution >= 4 is 43.4 Å². The molecule has 0 amide bonds. The zero-order valence-corrected chi connectivity index (χ0v) is 25.5. The van der Waals surface area contributed by atoms with Gasteiger partial charge >= 0.3 is 0 Å². The first-order valence-corrected chi connectivity index (χ1v) is 15.8. The van der Waals surface area contributed by atoms with E-state index in [1.54, 1.807) is 0 Å². The molecule has 0 radical (unpaired) electrons. The van der Waals surface area contributed by atoms with Crippen LogP contribution in [-0.2, 0) is 0 Å². The maximum absolute atomic E-state index is 4.68. The van der Waals surface area contributed by atoms with Crippen molar-refractivity contribution in [2.24, 2.45) is 0 Å². The lowest BCUT2D eigenvalue weighted by Gasteiger charge is -2.12. The Bertz CT molecular complexity index is 2570. The van der Waals surface area contributed by atoms with E-state index in [0.29, 0.717) is 0 Å². The van der Waals surface area contributed by atoms with Gasteiger partial charge in [-0.25, -0.2) is 0 Å². The van der Waals surface area contributed by atoms with Crippen molar-refractivity contribution in [1.82, 2.24) is 9.55 Å². The predicted molar refractivity (Wildman–Crippen MR) is 195 cm³/mol. The molecule has 0 unspecified atom stereocenters. The molecule has 0 bridgehead atoms. The van der Waals surface area contributed by atoms with Gasteiger partial charge in [0, 0.05) is 33.6 Å². The van der Waals surface area contributed by atoms with Gasteiger partial charge in [0.25, 0.3) is 0 Å². The quantitative estimate of drug-likeness (QED) is 0.201. The van der Waals surface area contributed by atoms with E-state index < -0.39 is 0 Å². The van der Waals surface area contributed by atoms with Crippen molar-refractivity contribution in [2.75, 3.05) is 0 Å². The molecule has 0 N–H and O–H groups in total. The third kappa shape index (κ3) is 4.30. The summed E-state index contributed by atoms with van der Waals surface area (Å²) in [6, 6.07) is 57.3. The molecular formula is C44H30N2. The van der Waals surface area contributed by atoms with Crippen molar-refractivity contribution < 1.29 is 0 Å². The average Bonchev–Trinajstić information content (AvgIpc) is 3.46. The first kappa shape index (κ1) is 26.4. The summed E-state index contributed by atoms with van der Waals surface area (Å²) in [6.07, 6.45) is 1.93. The van der Waals surface area contributed by atoms with Crippen LogP contribution < -0.4 is 0 Å². The molecule has 0 aliphatic carbocycles. The Kier molecular flexibility index (Phi) is 6.07. The van der Waals surface area contributed by atoms with Crippen molar-refractivity contribution in [1.29, 1.82) is 0 Å². The molecule has 2 heteroatoms. The Labute approximate surface area is 267 Å². The molecule has 46 heavy (non-hydrogen) atoms. The minimum absolute atomic E-state index is 0.987. The van der Waals surface area contributed by atoms with E-state index in [1.807, 2.05) is 6.20 Å². The van der Waals surface area contributed by atoms with Crippen LogP contribution in [0.1, 0.15) is 5.56 Å². The van der Waals surface area contributed by atoms with Crippen LogP contribution in [0.3, 0.4) is 0 Å². The lowest BCUT2D eigenvalue weighted by Crippen LogP contribution is -1.94. The topological polar surface area (TPSA) is 17.8 Å². The highest BCUT2D eigenvalue weighted by Gasteiger charge is 2.17. The molecule has 2 nitrogen and oxygen atoms in total. The molecule has 0 aliphatic rings. The molecule has 0 fully saturated rings. The van der Waals surface area contributed by atoms with Crippen LogP contribution in [0.5, 0.6) is 0 Å². The van der Waals surface area contributed by atoms with Crippen molar-refractivity contribution in [2.45, 2.75) is 6.92 Å². The van der Waals surface area contributed by atoms with Crippen LogP contribution in [-0.4, -0.2) is 9.55 Å². The molecule has 9 rings (SSSR count). The zero-order chi connectivity index (χ0) is 30.6. The Morgan fingerprint density at radius 3 is 2.09 bits per heavy atom. The molecule has 0 saturated heterocycles. The van der Waals surface area contributed by atoms with E-state index in [4.69, 9.17) is 0 Å². The standard InChI is InChI=1S/C44H30N2/c1-29-17-24-42(45-28-29)35-12-7-11-31(25-35)32-18-22-40-41-23-20-34-26-33(38-16-8-10-30-9-5-6-15-37(30)38)19-21-39(34)44(41)46(43(40)27-32)36-13-3-2-4-14-36/h2-28H,1H3. The highest BCUT2D eigenvalue weighted by Crippen LogP contribution is 2.40. The second kappa shape index (κ2) is 10.6. The van der Waals surface area contributed by atoms with E-state index in [2.05, 4.69) is 174 Å². The van der Waals surface area contributed by atoms with E-state index in [1.165, 1.54) is 65.6 Å². The summed E-state index contributed by atoms with van der Waals surface area (Å²) in [5, 5.41) is 7.52. The van der Waals surface area contributed by atoms with Crippen LogP contribution >= 0.6 is 0 Å². The third-order valence-corrected chi connectivity index (χ3v) is 9.26. The minimum atomic E-state index is 0.987. The van der Waals surface area contributed by atoms with Gasteiger partial charge in [-0.1, -0.05) is 121 Å². The number of hydrogen-bond acceptors (Lipinski definition) is 1. The maximum Gasteiger partial charge on any atom is 0.0702 e. The summed E-state index contributed by atoms with van der Waals surface area (Å²) >= 11 is 0. The molecule has 2 aromatic heterocycles. The lowest BCUT2D eigenvalue weighted by molar-refractivity contribution is 1.19. The first-order valence-electron chi connectivity index (χ1n) is 15.8. The van der Waals surface area contributed by atoms with E-state index >= 15 is 0 Å². The number of rotatable bonds is 4. The second-order valence-corrected chi connectivity index (χ2v) is 12.1. The summed E-state index contributed by atoms with van der Waals surface area (Å²) in [5.74, 6) is 0. The Hall–Kier alpha value is -5.99. The van der Waals surface area contributed by atoms with Crippen molar-refractivity contribution in [3.63, 3.8) is 0 Å². The summed E-state index contributed by atoms with van der Waals surface area (Å²) in [7, 11) is 0. The molecule has 216 valence electrons. The van der Waals surface area contributed by atoms with Gasteiger partial charge in [-0.3, -0.25) is 4.98 Å². The fourth-order valence-corrected chi connectivity index (χ4v) is 7.00. The number of hydrogen-bond donors (Lipinski definition) is 0. The van der Waals surface area contributed by atoms with Crippen molar-refractivity contribution in [3.05, 3.63) is 169 Å². The van der Waals surface area contributed by atoms with Gasteiger partial charge in [0.1, 0.15) is 0 Å². The molecule has 0 atom stereocenters. The van der Waals surface area contributed by atoms with Gasteiger partial charge < -0.3 is 4.57 Å². The number of benzene rings is 7. The van der Waals surface area contributed by atoms with E-state index in [-0.39, 0.29) is 0 Å². The van der Waals surface area contributed by atoms with E-state index in [0.717, 1.165) is 22.5 Å². The summed E-state index contributed by atoms with van der Waals surface area (Å²) in [5.41, 5.74) is 11.7. The number of pyridine rings is 1. The van der Waals surface area contributed by atoms with E-state index in [9.17, 15) is 0 Å². The maximum atomic E-state index is 4.68. The normalized spacial score (nSPS) is 11.6. The fraction of sp³-hybridized carbons (Fsp3) is 0.0227. The van der Waals surface area contributed by atoms with Crippen LogP contribution in [0, 0.1) is 6.92 Å². The van der Waals surface area contributed by atoms with Crippen LogP contribution in [0.15, 0.2) is 164 Å². The summed E-state index contributed by atoms with van der Waals surface area (Å²) < 4.78 is 2.44. The largest absolute Gasteiger partial charge is 0.309 e.